The summed E-state index contributed by atoms with van der Waals surface area (Å²) in [4.78, 5) is 12.2. The summed E-state index contributed by atoms with van der Waals surface area (Å²) in [6.45, 7) is 8.67. The molecule has 0 bridgehead atoms. The average molecular weight is 274 g/mol. The molecule has 1 aliphatic carbocycles. The molecule has 0 N–H and O–H groups in total. The summed E-state index contributed by atoms with van der Waals surface area (Å²) >= 11 is 0. The van der Waals surface area contributed by atoms with E-state index in [1.807, 2.05) is 0 Å². The molecule has 1 amide bonds. The van der Waals surface area contributed by atoms with Crippen LogP contribution in [0.5, 0.6) is 0 Å². The Balaban J connectivity index is 2.52. The van der Waals surface area contributed by atoms with E-state index in [0.29, 0.717) is 10.5 Å². The van der Waals surface area contributed by atoms with E-state index >= 15 is 0 Å². The SMILES string of the molecule is Cc1ccc([N+](C=O)(C2CCCCC2)C(C)(C)C)cc1. The van der Waals surface area contributed by atoms with Crippen LogP contribution in [0.3, 0.4) is 0 Å². The van der Waals surface area contributed by atoms with Gasteiger partial charge >= 0.3 is 6.41 Å². The van der Waals surface area contributed by atoms with E-state index in [4.69, 9.17) is 0 Å². The maximum atomic E-state index is 12.2. The van der Waals surface area contributed by atoms with Gasteiger partial charge in [0, 0.05) is 12.8 Å². The molecule has 0 aromatic heterocycles. The molecule has 1 saturated carbocycles. The normalized spacial score (nSPS) is 20.4. The highest BCUT2D eigenvalue weighted by atomic mass is 16.1. The fourth-order valence-electron chi connectivity index (χ4n) is 3.73. The fraction of sp³-hybridized carbons (Fsp3) is 0.611. The molecule has 20 heavy (non-hydrogen) atoms. The summed E-state index contributed by atoms with van der Waals surface area (Å²) in [5.74, 6) is 0. The second-order valence-electron chi connectivity index (χ2n) is 7.18. The lowest BCUT2D eigenvalue weighted by Crippen LogP contribution is -2.66. The summed E-state index contributed by atoms with van der Waals surface area (Å²) in [5, 5.41) is 0. The van der Waals surface area contributed by atoms with Crippen molar-refractivity contribution >= 4 is 12.1 Å². The second-order valence-corrected chi connectivity index (χ2v) is 7.18. The molecule has 0 radical (unpaired) electrons. The van der Waals surface area contributed by atoms with Crippen molar-refractivity contribution in [3.05, 3.63) is 29.8 Å². The van der Waals surface area contributed by atoms with E-state index < -0.39 is 0 Å². The van der Waals surface area contributed by atoms with Gasteiger partial charge in [-0.15, -0.1) is 0 Å². The van der Waals surface area contributed by atoms with E-state index in [0.717, 1.165) is 18.5 Å². The van der Waals surface area contributed by atoms with Gasteiger partial charge in [-0.3, -0.25) is 0 Å². The van der Waals surface area contributed by atoms with Crippen LogP contribution in [0.4, 0.5) is 5.69 Å². The molecular weight excluding hydrogens is 246 g/mol. The molecule has 1 aromatic carbocycles. The van der Waals surface area contributed by atoms with Gasteiger partial charge in [0.05, 0.1) is 0 Å². The number of carbonyl (C=O) groups excluding carboxylic acids is 1. The van der Waals surface area contributed by atoms with Gasteiger partial charge in [-0.05, 0) is 52.7 Å². The van der Waals surface area contributed by atoms with Gasteiger partial charge < -0.3 is 0 Å². The minimum Gasteiger partial charge on any atom is -0.233 e. The van der Waals surface area contributed by atoms with Crippen molar-refractivity contribution in [2.45, 2.75) is 71.4 Å². The van der Waals surface area contributed by atoms with E-state index in [2.05, 4.69) is 52.0 Å². The predicted molar refractivity (Wildman–Crippen MR) is 85.7 cm³/mol. The Morgan fingerprint density at radius 3 is 2.05 bits per heavy atom. The minimum atomic E-state index is -0.112. The molecule has 0 saturated heterocycles. The smallest absolute Gasteiger partial charge is 0.233 e. The summed E-state index contributed by atoms with van der Waals surface area (Å²) in [5.41, 5.74) is 2.28. The molecule has 2 heteroatoms. The van der Waals surface area contributed by atoms with Crippen LogP contribution in [0.15, 0.2) is 24.3 Å². The zero-order valence-corrected chi connectivity index (χ0v) is 13.4. The molecule has 0 aliphatic heterocycles. The third-order valence-electron chi connectivity index (χ3n) is 4.89. The topological polar surface area (TPSA) is 17.1 Å². The molecule has 110 valence electrons. The van der Waals surface area contributed by atoms with Crippen LogP contribution in [0.1, 0.15) is 58.4 Å². The second kappa shape index (κ2) is 5.69. The van der Waals surface area contributed by atoms with E-state index in [9.17, 15) is 4.79 Å². The molecule has 0 spiro atoms. The van der Waals surface area contributed by atoms with Crippen LogP contribution in [-0.4, -0.2) is 18.0 Å². The maximum absolute atomic E-state index is 12.2. The van der Waals surface area contributed by atoms with Crippen LogP contribution in [-0.2, 0) is 4.79 Å². The van der Waals surface area contributed by atoms with Crippen molar-refractivity contribution in [1.29, 1.82) is 0 Å². The van der Waals surface area contributed by atoms with Crippen molar-refractivity contribution in [2.24, 2.45) is 0 Å². The fourth-order valence-corrected chi connectivity index (χ4v) is 3.73. The number of nitrogens with zero attached hydrogens (tertiary/aromatic N) is 1. The Labute approximate surface area is 123 Å². The quantitative estimate of drug-likeness (QED) is 0.582. The highest BCUT2D eigenvalue weighted by Gasteiger charge is 2.49. The number of hydrogen-bond donors (Lipinski definition) is 0. The highest BCUT2D eigenvalue weighted by Crippen LogP contribution is 2.39. The average Bonchev–Trinajstić information content (AvgIpc) is 2.42. The standard InChI is InChI=1S/C18H28NO/c1-15-10-12-17(13-11-15)19(14-20,18(2,3)4)16-8-6-5-7-9-16/h10-14,16H,5-9H2,1-4H3/q+1. The van der Waals surface area contributed by atoms with Gasteiger partial charge in [0.2, 0.25) is 0 Å². The lowest BCUT2D eigenvalue weighted by molar-refractivity contribution is -0.125. The molecule has 1 aliphatic rings. The van der Waals surface area contributed by atoms with Crippen LogP contribution in [0.25, 0.3) is 0 Å². The number of carbonyl (C=O) groups is 1. The molecule has 2 nitrogen and oxygen atoms in total. The number of quaternary nitrogens is 1. The third-order valence-corrected chi connectivity index (χ3v) is 4.89. The van der Waals surface area contributed by atoms with E-state index in [1.165, 1.54) is 31.2 Å². The first kappa shape index (κ1) is 15.2. The summed E-state index contributed by atoms with van der Waals surface area (Å²) in [6.07, 6.45) is 7.32. The van der Waals surface area contributed by atoms with Crippen LogP contribution < -0.4 is 4.48 Å². The number of rotatable bonds is 3. The zero-order valence-electron chi connectivity index (χ0n) is 13.4. The van der Waals surface area contributed by atoms with Gasteiger partial charge in [0.15, 0.2) is 0 Å². The highest BCUT2D eigenvalue weighted by molar-refractivity contribution is 5.72. The predicted octanol–water partition coefficient (Wildman–Crippen LogP) is 4.59. The molecular formula is C18H28NO+. The molecule has 2 rings (SSSR count). The summed E-state index contributed by atoms with van der Waals surface area (Å²) < 4.78 is 0.466. The van der Waals surface area contributed by atoms with Crippen molar-refractivity contribution in [2.75, 3.05) is 0 Å². The van der Waals surface area contributed by atoms with Crippen molar-refractivity contribution < 1.29 is 4.79 Å². The monoisotopic (exact) mass is 274 g/mol. The van der Waals surface area contributed by atoms with E-state index in [-0.39, 0.29) is 5.54 Å². The van der Waals surface area contributed by atoms with Gasteiger partial charge in [-0.2, -0.15) is 0 Å². The molecule has 1 fully saturated rings. The van der Waals surface area contributed by atoms with Crippen LogP contribution in [0, 0.1) is 6.92 Å². The molecule has 1 unspecified atom stereocenters. The van der Waals surface area contributed by atoms with Crippen LogP contribution in [0.2, 0.25) is 0 Å². The Morgan fingerprint density at radius 2 is 1.60 bits per heavy atom. The molecule has 1 aromatic rings. The van der Waals surface area contributed by atoms with Gasteiger partial charge in [0.25, 0.3) is 0 Å². The van der Waals surface area contributed by atoms with Crippen molar-refractivity contribution in [3.8, 4) is 0 Å². The number of aryl methyl sites for hydroxylation is 1. The molecule has 1 atom stereocenters. The molecule has 0 heterocycles. The van der Waals surface area contributed by atoms with Gasteiger partial charge in [-0.25, -0.2) is 9.28 Å². The Bertz CT molecular complexity index is 451. The van der Waals surface area contributed by atoms with Crippen LogP contribution >= 0.6 is 0 Å². The first-order valence-electron chi connectivity index (χ1n) is 7.84. The first-order valence-corrected chi connectivity index (χ1v) is 7.84. The van der Waals surface area contributed by atoms with Gasteiger partial charge in [0.1, 0.15) is 17.3 Å². The third kappa shape index (κ3) is 2.54. The maximum Gasteiger partial charge on any atom is 0.307 e. The number of benzene rings is 1. The Hall–Kier alpha value is -1.15. The van der Waals surface area contributed by atoms with Crippen molar-refractivity contribution in [1.82, 2.24) is 4.48 Å². The lowest BCUT2D eigenvalue weighted by atomic mass is 9.87. The van der Waals surface area contributed by atoms with Crippen molar-refractivity contribution in [3.63, 3.8) is 0 Å². The first-order chi connectivity index (χ1) is 9.41. The number of hydrogen-bond acceptors (Lipinski definition) is 1. The summed E-state index contributed by atoms with van der Waals surface area (Å²) in [6, 6.07) is 8.96. The number of amides is 1. The Kier molecular flexibility index (Phi) is 4.33. The minimum absolute atomic E-state index is 0.112. The zero-order chi connectivity index (χ0) is 14.8. The lowest BCUT2D eigenvalue weighted by Gasteiger charge is -2.49. The van der Waals surface area contributed by atoms with E-state index in [1.54, 1.807) is 0 Å². The largest absolute Gasteiger partial charge is 0.307 e. The summed E-state index contributed by atoms with van der Waals surface area (Å²) in [7, 11) is 0. The Morgan fingerprint density at radius 1 is 1.05 bits per heavy atom. The van der Waals surface area contributed by atoms with Gasteiger partial charge in [-0.1, -0.05) is 24.1 Å².